The molecule has 0 amide bonds. The number of hydrogen-bond donors (Lipinski definition) is 0. The molecule has 0 saturated carbocycles. The molecule has 0 spiro atoms. The Hall–Kier alpha value is -1.77. The number of nitrogens with zero attached hydrogens (tertiary/aromatic N) is 3. The van der Waals surface area contributed by atoms with Gasteiger partial charge in [0.05, 0.1) is 6.54 Å². The second kappa shape index (κ2) is 5.70. The molecule has 0 aliphatic carbocycles. The molecule has 0 unspecified atom stereocenters. The van der Waals surface area contributed by atoms with Crippen LogP contribution < -0.4 is 0 Å². The van der Waals surface area contributed by atoms with Crippen molar-refractivity contribution < 1.29 is 0 Å². The van der Waals surface area contributed by atoms with Crippen LogP contribution in [0.2, 0.25) is 0 Å². The largest absolute Gasteiger partial charge is 0.371 e. The van der Waals surface area contributed by atoms with E-state index in [2.05, 4.69) is 59.0 Å². The molecule has 20 heavy (non-hydrogen) atoms. The summed E-state index contributed by atoms with van der Waals surface area (Å²) in [5.41, 5.74) is 3.96. The molecule has 0 bridgehead atoms. The Labute approximate surface area is 121 Å². The highest BCUT2D eigenvalue weighted by atomic mass is 15.2. The molecule has 2 aliphatic rings. The molecule has 2 aliphatic heterocycles. The summed E-state index contributed by atoms with van der Waals surface area (Å²) in [4.78, 5) is 9.43. The first-order chi connectivity index (χ1) is 9.83. The van der Waals surface area contributed by atoms with Crippen molar-refractivity contribution in [2.24, 2.45) is 4.99 Å². The molecule has 0 N–H and O–H groups in total. The zero-order valence-corrected chi connectivity index (χ0v) is 12.5. The summed E-state index contributed by atoms with van der Waals surface area (Å²) >= 11 is 0. The molecular formula is C17H23N3. The van der Waals surface area contributed by atoms with Crippen LogP contribution in [-0.2, 0) is 0 Å². The fourth-order valence-electron chi connectivity index (χ4n) is 3.09. The smallest absolute Gasteiger partial charge is 0.131 e. The highest BCUT2D eigenvalue weighted by molar-refractivity contribution is 6.00. The maximum absolute atomic E-state index is 4.63. The molecule has 2 heterocycles. The van der Waals surface area contributed by atoms with E-state index < -0.39 is 0 Å². The highest BCUT2D eigenvalue weighted by Gasteiger charge is 2.18. The number of benzene rings is 1. The molecule has 0 atom stereocenters. The predicted octanol–water partition coefficient (Wildman–Crippen LogP) is 2.84. The van der Waals surface area contributed by atoms with Gasteiger partial charge in [-0.15, -0.1) is 0 Å². The van der Waals surface area contributed by atoms with Crippen molar-refractivity contribution in [3.05, 3.63) is 41.5 Å². The van der Waals surface area contributed by atoms with Gasteiger partial charge in [-0.1, -0.05) is 30.3 Å². The fraction of sp³-hybridized carbons (Fsp3) is 0.471. The van der Waals surface area contributed by atoms with Gasteiger partial charge in [-0.2, -0.15) is 0 Å². The van der Waals surface area contributed by atoms with Crippen LogP contribution in [0.3, 0.4) is 0 Å². The van der Waals surface area contributed by atoms with Gasteiger partial charge in [0.2, 0.25) is 0 Å². The number of aliphatic imine (C=N–C) groups is 1. The van der Waals surface area contributed by atoms with Crippen LogP contribution in [0.1, 0.15) is 31.4 Å². The lowest BCUT2D eigenvalue weighted by Crippen LogP contribution is -2.28. The Kier molecular flexibility index (Phi) is 3.77. The first-order valence-electron chi connectivity index (χ1n) is 7.68. The molecule has 0 saturated heterocycles. The first kappa shape index (κ1) is 13.2. The topological polar surface area (TPSA) is 18.8 Å². The minimum atomic E-state index is 0.930. The average molecular weight is 269 g/mol. The van der Waals surface area contributed by atoms with Gasteiger partial charge in [-0.25, -0.2) is 0 Å². The van der Waals surface area contributed by atoms with Gasteiger partial charge in [0.25, 0.3) is 0 Å². The van der Waals surface area contributed by atoms with Crippen LogP contribution in [0.4, 0.5) is 0 Å². The monoisotopic (exact) mass is 269 g/mol. The lowest BCUT2D eigenvalue weighted by molar-refractivity contribution is 0.449. The summed E-state index contributed by atoms with van der Waals surface area (Å²) in [7, 11) is 0. The zero-order chi connectivity index (χ0) is 13.9. The van der Waals surface area contributed by atoms with E-state index in [9.17, 15) is 0 Å². The number of hydrogen-bond acceptors (Lipinski definition) is 3. The molecule has 1 aromatic carbocycles. The van der Waals surface area contributed by atoms with Crippen molar-refractivity contribution in [1.29, 1.82) is 0 Å². The molecule has 0 fully saturated rings. The maximum atomic E-state index is 4.63. The van der Waals surface area contributed by atoms with Crippen LogP contribution in [0.5, 0.6) is 0 Å². The molecular weight excluding hydrogens is 246 g/mol. The first-order valence-corrected chi connectivity index (χ1v) is 7.68. The number of amidine groups is 1. The maximum Gasteiger partial charge on any atom is 0.131 e. The van der Waals surface area contributed by atoms with E-state index in [4.69, 9.17) is 0 Å². The Bertz CT molecular complexity index is 479. The van der Waals surface area contributed by atoms with Gasteiger partial charge in [0.15, 0.2) is 0 Å². The fourth-order valence-corrected chi connectivity index (χ4v) is 3.09. The minimum absolute atomic E-state index is 0.930. The third-order valence-electron chi connectivity index (χ3n) is 4.21. The Morgan fingerprint density at radius 3 is 2.35 bits per heavy atom. The summed E-state index contributed by atoms with van der Waals surface area (Å²) in [6.45, 7) is 9.68. The van der Waals surface area contributed by atoms with E-state index in [1.165, 1.54) is 23.2 Å². The summed E-state index contributed by atoms with van der Waals surface area (Å²) in [6.07, 6.45) is 3.52. The van der Waals surface area contributed by atoms with Crippen LogP contribution in [0.25, 0.3) is 5.70 Å². The van der Waals surface area contributed by atoms with Gasteiger partial charge in [0.1, 0.15) is 5.84 Å². The zero-order valence-electron chi connectivity index (χ0n) is 12.5. The molecule has 106 valence electrons. The molecule has 3 nitrogen and oxygen atoms in total. The van der Waals surface area contributed by atoms with Crippen LogP contribution >= 0.6 is 0 Å². The van der Waals surface area contributed by atoms with Crippen LogP contribution in [0.15, 0.2) is 35.3 Å². The van der Waals surface area contributed by atoms with E-state index >= 15 is 0 Å². The van der Waals surface area contributed by atoms with Gasteiger partial charge >= 0.3 is 0 Å². The lowest BCUT2D eigenvalue weighted by atomic mass is 10.1. The third-order valence-corrected chi connectivity index (χ3v) is 4.21. The van der Waals surface area contributed by atoms with Crippen molar-refractivity contribution in [3.63, 3.8) is 0 Å². The van der Waals surface area contributed by atoms with Gasteiger partial charge in [-0.05, 0) is 25.8 Å². The molecule has 3 rings (SSSR count). The average Bonchev–Trinajstić information content (AvgIpc) is 3.15. The quantitative estimate of drug-likeness (QED) is 0.837. The van der Waals surface area contributed by atoms with E-state index in [0.29, 0.717) is 0 Å². The van der Waals surface area contributed by atoms with Gasteiger partial charge < -0.3 is 9.80 Å². The molecule has 3 heteroatoms. The minimum Gasteiger partial charge on any atom is -0.371 e. The van der Waals surface area contributed by atoms with Crippen molar-refractivity contribution in [2.45, 2.75) is 20.3 Å². The lowest BCUT2D eigenvalue weighted by Gasteiger charge is -2.21. The second-order valence-corrected chi connectivity index (χ2v) is 5.32. The number of likely N-dealkylation sites (N-methyl/N-ethyl adjacent to an activating group) is 1. The Morgan fingerprint density at radius 1 is 0.950 bits per heavy atom. The van der Waals surface area contributed by atoms with Crippen LogP contribution in [0, 0.1) is 0 Å². The van der Waals surface area contributed by atoms with Crippen molar-refractivity contribution in [1.82, 2.24) is 9.80 Å². The van der Waals surface area contributed by atoms with Crippen molar-refractivity contribution in [2.75, 3.05) is 32.7 Å². The van der Waals surface area contributed by atoms with E-state index in [0.717, 1.165) is 38.6 Å². The summed E-state index contributed by atoms with van der Waals surface area (Å²) in [5, 5.41) is 0. The highest BCUT2D eigenvalue weighted by Crippen LogP contribution is 2.25. The number of rotatable bonds is 4. The van der Waals surface area contributed by atoms with E-state index in [1.54, 1.807) is 0 Å². The standard InChI is InChI=1S/C17H23N3/c1-3-19-12-5-6-16(19)14-7-9-15(10-8-14)17-18-11-13-20(17)4-2/h6-10H,3-5,11-13H2,1-2H3. The van der Waals surface area contributed by atoms with E-state index in [1.807, 2.05) is 0 Å². The SMILES string of the molecule is CCN1CCC=C1c1ccc(C2=NCCN2CC)cc1. The predicted molar refractivity (Wildman–Crippen MR) is 84.9 cm³/mol. The van der Waals surface area contributed by atoms with Crippen molar-refractivity contribution in [3.8, 4) is 0 Å². The molecule has 0 radical (unpaired) electrons. The van der Waals surface area contributed by atoms with Gasteiger partial charge in [0, 0.05) is 37.4 Å². The van der Waals surface area contributed by atoms with Crippen LogP contribution in [-0.4, -0.2) is 48.4 Å². The third kappa shape index (κ3) is 2.33. The summed E-state index contributed by atoms with van der Waals surface area (Å²) in [6, 6.07) is 8.91. The molecule has 1 aromatic rings. The van der Waals surface area contributed by atoms with E-state index in [-0.39, 0.29) is 0 Å². The Morgan fingerprint density at radius 2 is 1.65 bits per heavy atom. The summed E-state index contributed by atoms with van der Waals surface area (Å²) in [5.74, 6) is 1.16. The summed E-state index contributed by atoms with van der Waals surface area (Å²) < 4.78 is 0. The second-order valence-electron chi connectivity index (χ2n) is 5.32. The molecule has 0 aromatic heterocycles. The van der Waals surface area contributed by atoms with Crippen molar-refractivity contribution >= 4 is 11.5 Å². The Balaban J connectivity index is 1.82. The normalized spacial score (nSPS) is 18.5. The van der Waals surface area contributed by atoms with Gasteiger partial charge in [-0.3, -0.25) is 4.99 Å².